The first-order valence-electron chi connectivity index (χ1n) is 6.22. The van der Waals surface area contributed by atoms with Gasteiger partial charge < -0.3 is 9.84 Å². The zero-order chi connectivity index (χ0) is 14.4. The third kappa shape index (κ3) is 4.37. The molecule has 0 aliphatic carbocycles. The van der Waals surface area contributed by atoms with Gasteiger partial charge in [0.25, 0.3) is 0 Å². The number of benzene rings is 1. The summed E-state index contributed by atoms with van der Waals surface area (Å²) in [6.45, 7) is 2.02. The van der Waals surface area contributed by atoms with Crippen LogP contribution in [0, 0.1) is 5.92 Å². The topological polar surface area (TPSA) is 46.5 Å². The van der Waals surface area contributed by atoms with Gasteiger partial charge in [0.15, 0.2) is 0 Å². The smallest absolute Gasteiger partial charge is 0.311 e. The zero-order valence-corrected chi connectivity index (χ0v) is 12.5. The summed E-state index contributed by atoms with van der Waals surface area (Å²) in [6.07, 6.45) is 1.35. The maximum atomic E-state index is 11.8. The van der Waals surface area contributed by atoms with Crippen molar-refractivity contribution in [1.29, 1.82) is 0 Å². The lowest BCUT2D eigenvalue weighted by Gasteiger charge is -2.21. The average Bonchev–Trinajstić information content (AvgIpc) is 2.38. The molecule has 0 amide bonds. The van der Waals surface area contributed by atoms with E-state index in [0.29, 0.717) is 22.0 Å². The van der Waals surface area contributed by atoms with Gasteiger partial charge in [-0.1, -0.05) is 49.0 Å². The van der Waals surface area contributed by atoms with Crippen LogP contribution in [0.3, 0.4) is 0 Å². The van der Waals surface area contributed by atoms with Crippen LogP contribution in [-0.2, 0) is 9.53 Å². The Labute approximate surface area is 123 Å². The fourth-order valence-corrected chi connectivity index (χ4v) is 2.46. The number of unbranched alkanes of at least 4 members (excludes halogenated alkanes) is 1. The monoisotopic (exact) mass is 304 g/mol. The summed E-state index contributed by atoms with van der Waals surface area (Å²) in [4.78, 5) is 11.8. The second-order valence-electron chi connectivity index (χ2n) is 4.38. The summed E-state index contributed by atoms with van der Waals surface area (Å²) in [5.74, 6) is -1.03. The lowest BCUT2D eigenvalue weighted by atomic mass is 9.91. The normalized spacial score (nSPS) is 13.9. The Morgan fingerprint density at radius 2 is 2.11 bits per heavy atom. The van der Waals surface area contributed by atoms with Crippen LogP contribution in [0.25, 0.3) is 0 Å². The van der Waals surface area contributed by atoms with E-state index in [4.69, 9.17) is 27.9 Å². The predicted octanol–water partition coefficient (Wildman–Crippen LogP) is 4.01. The number of hydrogen-bond donors (Lipinski definition) is 1. The van der Waals surface area contributed by atoms with Crippen molar-refractivity contribution in [2.75, 3.05) is 7.11 Å². The number of carbonyl (C=O) groups is 1. The standard InChI is InChI=1S/C14H18Cl2O3/c1-3-4-5-11(14(18)19-2)13(17)10-7-6-9(15)8-12(10)16/h6-8,11,13,17H,3-5H2,1-2H3. The van der Waals surface area contributed by atoms with Gasteiger partial charge in [0.05, 0.1) is 19.1 Å². The molecule has 1 N–H and O–H groups in total. The molecule has 0 saturated heterocycles. The third-order valence-corrected chi connectivity index (χ3v) is 3.60. The largest absolute Gasteiger partial charge is 0.469 e. The van der Waals surface area contributed by atoms with E-state index in [-0.39, 0.29) is 0 Å². The van der Waals surface area contributed by atoms with Gasteiger partial charge in [-0.25, -0.2) is 0 Å². The van der Waals surface area contributed by atoms with E-state index in [9.17, 15) is 9.90 Å². The van der Waals surface area contributed by atoms with Gasteiger partial charge in [-0.2, -0.15) is 0 Å². The molecule has 2 unspecified atom stereocenters. The van der Waals surface area contributed by atoms with Crippen LogP contribution in [0.2, 0.25) is 10.0 Å². The average molecular weight is 305 g/mol. The summed E-state index contributed by atoms with van der Waals surface area (Å²) >= 11 is 11.9. The first-order valence-corrected chi connectivity index (χ1v) is 6.97. The molecule has 1 rings (SSSR count). The summed E-state index contributed by atoms with van der Waals surface area (Å²) in [5, 5.41) is 11.2. The first kappa shape index (κ1) is 16.3. The first-order chi connectivity index (χ1) is 9.01. The Morgan fingerprint density at radius 3 is 2.63 bits per heavy atom. The van der Waals surface area contributed by atoms with E-state index in [0.717, 1.165) is 12.8 Å². The summed E-state index contributed by atoms with van der Waals surface area (Å²) < 4.78 is 4.75. The lowest BCUT2D eigenvalue weighted by molar-refractivity contribution is -0.150. The maximum Gasteiger partial charge on any atom is 0.311 e. The van der Waals surface area contributed by atoms with Crippen LogP contribution >= 0.6 is 23.2 Å². The molecule has 0 bridgehead atoms. The van der Waals surface area contributed by atoms with Gasteiger partial charge in [0.2, 0.25) is 0 Å². The number of methoxy groups -OCH3 is 1. The number of ether oxygens (including phenoxy) is 1. The number of aliphatic hydroxyl groups excluding tert-OH is 1. The van der Waals surface area contributed by atoms with Crippen molar-refractivity contribution < 1.29 is 14.6 Å². The predicted molar refractivity (Wildman–Crippen MR) is 76.5 cm³/mol. The second kappa shape index (κ2) is 7.73. The number of halogens is 2. The highest BCUT2D eigenvalue weighted by Gasteiger charge is 2.29. The van der Waals surface area contributed by atoms with Gasteiger partial charge in [-0.05, 0) is 18.6 Å². The van der Waals surface area contributed by atoms with E-state index < -0.39 is 18.0 Å². The van der Waals surface area contributed by atoms with E-state index in [1.54, 1.807) is 18.2 Å². The van der Waals surface area contributed by atoms with Crippen LogP contribution in [0.15, 0.2) is 18.2 Å². The summed E-state index contributed by atoms with van der Waals surface area (Å²) in [6, 6.07) is 4.83. The molecule has 1 aromatic rings. The number of hydrogen-bond acceptors (Lipinski definition) is 3. The van der Waals surface area contributed by atoms with Gasteiger partial charge >= 0.3 is 5.97 Å². The van der Waals surface area contributed by atoms with Crippen LogP contribution in [0.1, 0.15) is 37.9 Å². The Balaban J connectivity index is 2.97. The molecule has 0 aliphatic rings. The molecule has 0 aromatic heterocycles. The molecule has 2 atom stereocenters. The van der Waals surface area contributed by atoms with Crippen molar-refractivity contribution in [2.24, 2.45) is 5.92 Å². The molecule has 106 valence electrons. The molecular weight excluding hydrogens is 287 g/mol. The van der Waals surface area contributed by atoms with Crippen molar-refractivity contribution in [2.45, 2.75) is 32.3 Å². The molecule has 3 nitrogen and oxygen atoms in total. The van der Waals surface area contributed by atoms with Crippen LogP contribution in [0.5, 0.6) is 0 Å². The Kier molecular flexibility index (Phi) is 6.63. The Morgan fingerprint density at radius 1 is 1.42 bits per heavy atom. The molecular formula is C14H18Cl2O3. The Bertz CT molecular complexity index is 435. The van der Waals surface area contributed by atoms with Gasteiger partial charge in [0.1, 0.15) is 0 Å². The fraction of sp³-hybridized carbons (Fsp3) is 0.500. The zero-order valence-electron chi connectivity index (χ0n) is 11.0. The minimum atomic E-state index is -0.983. The van der Waals surface area contributed by atoms with E-state index in [1.165, 1.54) is 7.11 Å². The summed E-state index contributed by atoms with van der Waals surface area (Å²) in [7, 11) is 1.32. The lowest BCUT2D eigenvalue weighted by Crippen LogP contribution is -2.24. The highest BCUT2D eigenvalue weighted by atomic mass is 35.5. The molecule has 19 heavy (non-hydrogen) atoms. The molecule has 0 radical (unpaired) electrons. The molecule has 5 heteroatoms. The van der Waals surface area contributed by atoms with Crippen LogP contribution in [-0.4, -0.2) is 18.2 Å². The minimum absolute atomic E-state index is 0.352. The molecule has 0 saturated carbocycles. The second-order valence-corrected chi connectivity index (χ2v) is 5.23. The maximum absolute atomic E-state index is 11.8. The van der Waals surface area contributed by atoms with E-state index in [2.05, 4.69) is 0 Å². The number of carbonyl (C=O) groups excluding carboxylic acids is 1. The SMILES string of the molecule is CCCCC(C(=O)OC)C(O)c1ccc(Cl)cc1Cl. The molecule has 0 fully saturated rings. The van der Waals surface area contributed by atoms with E-state index >= 15 is 0 Å². The van der Waals surface area contributed by atoms with Crippen molar-refractivity contribution in [3.05, 3.63) is 33.8 Å². The van der Waals surface area contributed by atoms with Gasteiger partial charge in [-0.3, -0.25) is 4.79 Å². The van der Waals surface area contributed by atoms with Crippen LogP contribution in [0.4, 0.5) is 0 Å². The third-order valence-electron chi connectivity index (χ3n) is 3.03. The van der Waals surface area contributed by atoms with Crippen molar-refractivity contribution in [1.82, 2.24) is 0 Å². The van der Waals surface area contributed by atoms with Gasteiger partial charge in [0, 0.05) is 15.6 Å². The van der Waals surface area contributed by atoms with Crippen molar-refractivity contribution >= 4 is 29.2 Å². The highest BCUT2D eigenvalue weighted by molar-refractivity contribution is 6.35. The number of aliphatic hydroxyl groups is 1. The number of esters is 1. The minimum Gasteiger partial charge on any atom is -0.469 e. The number of rotatable bonds is 6. The summed E-state index contributed by atoms with van der Waals surface area (Å²) in [5.41, 5.74) is 0.498. The molecule has 0 aliphatic heterocycles. The Hall–Kier alpha value is -0.770. The quantitative estimate of drug-likeness (QED) is 0.808. The fourth-order valence-electron chi connectivity index (χ4n) is 1.94. The molecule has 0 heterocycles. The molecule has 1 aromatic carbocycles. The molecule has 0 spiro atoms. The van der Waals surface area contributed by atoms with Gasteiger partial charge in [-0.15, -0.1) is 0 Å². The van der Waals surface area contributed by atoms with E-state index in [1.807, 2.05) is 6.92 Å². The van der Waals surface area contributed by atoms with Crippen molar-refractivity contribution in [3.63, 3.8) is 0 Å². The van der Waals surface area contributed by atoms with Crippen molar-refractivity contribution in [3.8, 4) is 0 Å². The highest BCUT2D eigenvalue weighted by Crippen LogP contribution is 2.33. The van der Waals surface area contributed by atoms with Crippen LogP contribution < -0.4 is 0 Å².